The van der Waals surface area contributed by atoms with Crippen molar-refractivity contribution < 1.29 is 18.8 Å². The zero-order valence-corrected chi connectivity index (χ0v) is 16.5. The number of aromatic nitrogens is 2. The molecule has 0 aliphatic rings. The summed E-state index contributed by atoms with van der Waals surface area (Å²) in [6.45, 7) is 2.07. The number of carbonyl (C=O) groups is 1. The van der Waals surface area contributed by atoms with Gasteiger partial charge in [-0.15, -0.1) is 0 Å². The molecule has 0 saturated heterocycles. The smallest absolute Gasteiger partial charge is 0.278 e. The maximum atomic E-state index is 13.2. The van der Waals surface area contributed by atoms with Gasteiger partial charge >= 0.3 is 0 Å². The first-order chi connectivity index (χ1) is 14.0. The molecule has 29 heavy (non-hydrogen) atoms. The molecule has 0 aliphatic heterocycles. The number of hydrogen-bond donors (Lipinski definition) is 2. The minimum Gasteiger partial charge on any atom is -0.494 e. The number of halogens is 2. The van der Waals surface area contributed by atoms with E-state index in [2.05, 4.69) is 20.8 Å². The number of rotatable bonds is 7. The van der Waals surface area contributed by atoms with Gasteiger partial charge in [0, 0.05) is 23.5 Å². The zero-order valence-electron chi connectivity index (χ0n) is 15.7. The average Bonchev–Trinajstić information content (AvgIpc) is 2.72. The van der Waals surface area contributed by atoms with Crippen LogP contribution in [0.25, 0.3) is 11.1 Å². The van der Waals surface area contributed by atoms with Gasteiger partial charge in [-0.25, -0.2) is 15.4 Å². The number of pyridine rings is 2. The van der Waals surface area contributed by atoms with E-state index in [0.29, 0.717) is 34.9 Å². The van der Waals surface area contributed by atoms with Crippen molar-refractivity contribution in [3.05, 3.63) is 65.5 Å². The van der Waals surface area contributed by atoms with Crippen molar-refractivity contribution in [2.24, 2.45) is 0 Å². The molecule has 0 fully saturated rings. The van der Waals surface area contributed by atoms with Crippen LogP contribution in [0.2, 0.25) is 5.15 Å². The van der Waals surface area contributed by atoms with Crippen LogP contribution in [0, 0.1) is 5.95 Å². The number of hydroxylamine groups is 1. The number of amides is 1. The second kappa shape index (κ2) is 9.31. The van der Waals surface area contributed by atoms with Crippen LogP contribution in [0.1, 0.15) is 17.3 Å². The molecule has 9 heteroatoms. The highest BCUT2D eigenvalue weighted by atomic mass is 35.5. The van der Waals surface area contributed by atoms with Gasteiger partial charge in [-0.3, -0.25) is 9.63 Å². The third-order valence-electron chi connectivity index (χ3n) is 3.95. The van der Waals surface area contributed by atoms with Gasteiger partial charge in [-0.1, -0.05) is 23.7 Å². The van der Waals surface area contributed by atoms with E-state index in [9.17, 15) is 9.18 Å². The molecular weight excluding hydrogens is 399 g/mol. The first-order valence-corrected chi connectivity index (χ1v) is 9.05. The van der Waals surface area contributed by atoms with E-state index in [0.717, 1.165) is 0 Å². The summed E-state index contributed by atoms with van der Waals surface area (Å²) < 4.78 is 18.7. The molecule has 3 rings (SSSR count). The Balaban J connectivity index is 2.00. The van der Waals surface area contributed by atoms with Crippen LogP contribution in [-0.4, -0.2) is 29.6 Å². The number of hydrogen-bond acceptors (Lipinski definition) is 6. The van der Waals surface area contributed by atoms with Crippen molar-refractivity contribution >= 4 is 28.9 Å². The van der Waals surface area contributed by atoms with Crippen molar-refractivity contribution in [3.8, 4) is 16.9 Å². The van der Waals surface area contributed by atoms with E-state index in [4.69, 9.17) is 21.2 Å². The van der Waals surface area contributed by atoms with Gasteiger partial charge in [0.2, 0.25) is 5.95 Å². The molecule has 0 radical (unpaired) electrons. The minimum atomic E-state index is -0.571. The van der Waals surface area contributed by atoms with Crippen LogP contribution in [0.4, 0.5) is 15.8 Å². The third-order valence-corrected chi connectivity index (χ3v) is 4.16. The van der Waals surface area contributed by atoms with Crippen molar-refractivity contribution in [2.75, 3.05) is 19.0 Å². The van der Waals surface area contributed by atoms with Gasteiger partial charge in [0.25, 0.3) is 5.91 Å². The van der Waals surface area contributed by atoms with Crippen LogP contribution in [-0.2, 0) is 4.84 Å². The van der Waals surface area contributed by atoms with Crippen molar-refractivity contribution in [1.29, 1.82) is 0 Å². The predicted octanol–water partition coefficient (Wildman–Crippen LogP) is 4.37. The molecule has 150 valence electrons. The fourth-order valence-corrected chi connectivity index (χ4v) is 2.83. The van der Waals surface area contributed by atoms with Gasteiger partial charge < -0.3 is 10.1 Å². The average molecular weight is 417 g/mol. The summed E-state index contributed by atoms with van der Waals surface area (Å²) in [6.07, 6.45) is 2.76. The van der Waals surface area contributed by atoms with Gasteiger partial charge in [-0.2, -0.15) is 4.39 Å². The largest absolute Gasteiger partial charge is 0.494 e. The van der Waals surface area contributed by atoms with Crippen molar-refractivity contribution in [2.45, 2.75) is 6.92 Å². The molecule has 0 atom stereocenters. The lowest BCUT2D eigenvalue weighted by Gasteiger charge is -2.17. The zero-order chi connectivity index (χ0) is 20.8. The van der Waals surface area contributed by atoms with Crippen LogP contribution in [0.15, 0.2) is 48.8 Å². The Morgan fingerprint density at radius 3 is 2.69 bits per heavy atom. The quantitative estimate of drug-likeness (QED) is 0.439. The Labute approximate surface area is 171 Å². The summed E-state index contributed by atoms with van der Waals surface area (Å²) in [5.74, 6) is -0.556. The van der Waals surface area contributed by atoms with E-state index < -0.39 is 11.9 Å². The van der Waals surface area contributed by atoms with E-state index in [1.807, 2.05) is 6.07 Å². The van der Waals surface area contributed by atoms with Crippen molar-refractivity contribution in [1.82, 2.24) is 15.4 Å². The van der Waals surface area contributed by atoms with Gasteiger partial charge in [-0.05, 0) is 31.2 Å². The number of benzene rings is 1. The molecule has 0 unspecified atom stereocenters. The number of anilines is 2. The molecule has 0 saturated carbocycles. The monoisotopic (exact) mass is 416 g/mol. The molecule has 2 N–H and O–H groups in total. The molecular formula is C20H18ClFN4O3. The summed E-state index contributed by atoms with van der Waals surface area (Å²) in [4.78, 5) is 25.0. The molecule has 2 aromatic heterocycles. The number of carbonyl (C=O) groups excluding carboxylic acids is 1. The first-order valence-electron chi connectivity index (χ1n) is 8.67. The summed E-state index contributed by atoms with van der Waals surface area (Å²) in [7, 11) is 1.52. The summed E-state index contributed by atoms with van der Waals surface area (Å²) in [6, 6.07) is 9.79. The van der Waals surface area contributed by atoms with E-state index in [1.54, 1.807) is 25.1 Å². The number of para-hydroxylation sites is 1. The molecule has 1 aromatic carbocycles. The lowest BCUT2D eigenvalue weighted by Crippen LogP contribution is -2.24. The molecule has 0 spiro atoms. The van der Waals surface area contributed by atoms with E-state index in [1.165, 1.54) is 31.6 Å². The van der Waals surface area contributed by atoms with Gasteiger partial charge in [0.05, 0.1) is 30.7 Å². The SMILES string of the molecule is CCONC(=O)c1cnc(Cl)cc1Nc1cccc(-c2ccc(F)nc2)c1OC. The molecule has 3 aromatic rings. The Morgan fingerprint density at radius 1 is 1.17 bits per heavy atom. The van der Waals surface area contributed by atoms with Gasteiger partial charge in [0.15, 0.2) is 0 Å². The Morgan fingerprint density at radius 2 is 2.00 bits per heavy atom. The third kappa shape index (κ3) is 4.79. The van der Waals surface area contributed by atoms with Crippen LogP contribution in [0.5, 0.6) is 5.75 Å². The Hall–Kier alpha value is -3.23. The maximum Gasteiger partial charge on any atom is 0.278 e. The second-order valence-corrected chi connectivity index (χ2v) is 6.19. The van der Waals surface area contributed by atoms with Crippen molar-refractivity contribution in [3.63, 3.8) is 0 Å². The number of nitrogens with one attached hydrogen (secondary N) is 2. The lowest BCUT2D eigenvalue weighted by atomic mass is 10.1. The standard InChI is InChI=1S/C20H18ClFN4O3/c1-3-29-26-20(27)14-11-23-17(21)9-16(14)25-15-6-4-5-13(19(15)28-2)12-7-8-18(22)24-10-12/h4-11H,3H2,1-2H3,(H,23,25)(H,26,27). The number of ether oxygens (including phenoxy) is 1. The van der Waals surface area contributed by atoms with Gasteiger partial charge in [0.1, 0.15) is 10.9 Å². The highest BCUT2D eigenvalue weighted by molar-refractivity contribution is 6.29. The molecule has 2 heterocycles. The minimum absolute atomic E-state index is 0.207. The second-order valence-electron chi connectivity index (χ2n) is 5.80. The normalized spacial score (nSPS) is 10.5. The predicted molar refractivity (Wildman–Crippen MR) is 108 cm³/mol. The number of nitrogens with zero attached hydrogens (tertiary/aromatic N) is 2. The fourth-order valence-electron chi connectivity index (χ4n) is 2.67. The van der Waals surface area contributed by atoms with Crippen LogP contribution < -0.4 is 15.5 Å². The Bertz CT molecular complexity index is 1020. The first kappa shape index (κ1) is 20.5. The van der Waals surface area contributed by atoms with Crippen LogP contribution >= 0.6 is 11.6 Å². The maximum absolute atomic E-state index is 13.2. The molecule has 1 amide bonds. The lowest BCUT2D eigenvalue weighted by molar-refractivity contribution is 0.0365. The molecule has 0 bridgehead atoms. The highest BCUT2D eigenvalue weighted by Crippen LogP contribution is 2.38. The van der Waals surface area contributed by atoms with Crippen LogP contribution in [0.3, 0.4) is 0 Å². The summed E-state index contributed by atoms with van der Waals surface area (Å²) in [5, 5.41) is 3.36. The Kier molecular flexibility index (Phi) is 6.58. The van der Waals surface area contributed by atoms with E-state index >= 15 is 0 Å². The van der Waals surface area contributed by atoms with E-state index in [-0.39, 0.29) is 10.7 Å². The summed E-state index contributed by atoms with van der Waals surface area (Å²) >= 11 is 6.02. The highest BCUT2D eigenvalue weighted by Gasteiger charge is 2.17. The molecule has 7 nitrogen and oxygen atoms in total. The fraction of sp³-hybridized carbons (Fsp3) is 0.150. The topological polar surface area (TPSA) is 85.4 Å². The number of methoxy groups -OCH3 is 1. The molecule has 0 aliphatic carbocycles. The summed E-state index contributed by atoms with van der Waals surface area (Å²) in [5.41, 5.74) is 4.92.